The van der Waals surface area contributed by atoms with Crippen LogP contribution in [0, 0.1) is 0 Å². The minimum atomic E-state index is -1.00. The molecule has 1 unspecified atom stereocenters. The van der Waals surface area contributed by atoms with Crippen LogP contribution in [0.5, 0.6) is 5.75 Å². The van der Waals surface area contributed by atoms with Gasteiger partial charge in [-0.3, -0.25) is 5.32 Å². The van der Waals surface area contributed by atoms with Gasteiger partial charge in [0.1, 0.15) is 30.2 Å². The third-order valence-electron chi connectivity index (χ3n) is 3.29. The van der Waals surface area contributed by atoms with Crippen molar-refractivity contribution in [1.82, 2.24) is 10.6 Å². The van der Waals surface area contributed by atoms with E-state index < -0.39 is 36.2 Å². The Morgan fingerprint density at radius 3 is 2.16 bits per heavy atom. The lowest BCUT2D eigenvalue weighted by Gasteiger charge is -2.21. The second-order valence-corrected chi connectivity index (χ2v) is 8.57. The first-order valence-corrected chi connectivity index (χ1v) is 9.81. The summed E-state index contributed by atoms with van der Waals surface area (Å²) in [6, 6.07) is 6.43. The zero-order valence-electron chi connectivity index (χ0n) is 18.8. The van der Waals surface area contributed by atoms with E-state index in [1.807, 2.05) is 0 Å². The first-order chi connectivity index (χ1) is 14.3. The molecule has 174 valence electrons. The predicted molar refractivity (Wildman–Crippen MR) is 114 cm³/mol. The maximum atomic E-state index is 12.2. The molecule has 2 amide bonds. The van der Waals surface area contributed by atoms with E-state index in [0.717, 1.165) is 0 Å². The van der Waals surface area contributed by atoms with E-state index >= 15 is 0 Å². The predicted octanol–water partition coefficient (Wildman–Crippen LogP) is 3.47. The molecule has 0 aliphatic rings. The van der Waals surface area contributed by atoms with Crippen molar-refractivity contribution >= 4 is 18.1 Å². The zero-order chi connectivity index (χ0) is 23.7. The number of alkyl halides is 1. The van der Waals surface area contributed by atoms with Gasteiger partial charge in [0.2, 0.25) is 5.96 Å². The van der Waals surface area contributed by atoms with Crippen molar-refractivity contribution in [2.24, 2.45) is 4.99 Å². The Morgan fingerprint density at radius 1 is 1.06 bits per heavy atom. The summed E-state index contributed by atoms with van der Waals surface area (Å²) in [5.74, 6) is 0.241. The van der Waals surface area contributed by atoms with E-state index in [1.165, 1.54) is 0 Å². The molecule has 0 fully saturated rings. The Kier molecular flexibility index (Phi) is 9.70. The minimum absolute atomic E-state index is 0.0513. The number of amides is 2. The Balaban J connectivity index is 2.83. The summed E-state index contributed by atoms with van der Waals surface area (Å²) in [5.41, 5.74) is -0.996. The molecule has 31 heavy (non-hydrogen) atoms. The van der Waals surface area contributed by atoms with E-state index in [2.05, 4.69) is 15.6 Å². The fourth-order valence-corrected chi connectivity index (χ4v) is 2.14. The molecular formula is C21H32FN3O6. The number of nitrogens with one attached hydrogen (secondary N) is 2. The van der Waals surface area contributed by atoms with Gasteiger partial charge < -0.3 is 24.6 Å². The molecule has 0 aliphatic heterocycles. The van der Waals surface area contributed by atoms with Gasteiger partial charge in [0.15, 0.2) is 0 Å². The van der Waals surface area contributed by atoms with Crippen molar-refractivity contribution in [3.63, 3.8) is 0 Å². The fraction of sp³-hybridized carbons (Fsp3) is 0.571. The molecule has 0 saturated heterocycles. The minimum Gasteiger partial charge on any atom is -0.491 e. The van der Waals surface area contributed by atoms with Gasteiger partial charge in [0, 0.05) is 6.54 Å². The summed E-state index contributed by atoms with van der Waals surface area (Å²) in [4.78, 5) is 27.8. The van der Waals surface area contributed by atoms with Crippen LogP contribution < -0.4 is 15.4 Å². The van der Waals surface area contributed by atoms with Crippen molar-refractivity contribution in [3.8, 4) is 5.75 Å². The Labute approximate surface area is 182 Å². The number of rotatable bonds is 6. The van der Waals surface area contributed by atoms with Crippen LogP contribution in [-0.2, 0) is 9.47 Å². The molecule has 0 aliphatic carbocycles. The molecule has 1 atom stereocenters. The highest BCUT2D eigenvalue weighted by Gasteiger charge is 2.21. The van der Waals surface area contributed by atoms with Gasteiger partial charge in [-0.05, 0) is 59.2 Å². The number of alkyl carbamates (subject to hydrolysis) is 1. The number of aliphatic hydroxyl groups excluding tert-OH is 1. The lowest BCUT2D eigenvalue weighted by Crippen LogP contribution is -2.45. The van der Waals surface area contributed by atoms with Crippen molar-refractivity contribution in [3.05, 3.63) is 29.8 Å². The SMILES string of the molecule is CC(C)(C)OC(=O)/N=C(/NCC(O)c1ccc(OCCF)cc1)NC(=O)OC(C)(C)C. The maximum absolute atomic E-state index is 12.2. The number of benzene rings is 1. The number of guanidine groups is 1. The topological polar surface area (TPSA) is 118 Å². The summed E-state index contributed by atoms with van der Waals surface area (Å²) in [5, 5.41) is 15.4. The lowest BCUT2D eigenvalue weighted by molar-refractivity contribution is 0.0559. The molecule has 3 N–H and O–H groups in total. The van der Waals surface area contributed by atoms with Crippen LogP contribution in [0.25, 0.3) is 0 Å². The van der Waals surface area contributed by atoms with Gasteiger partial charge >= 0.3 is 12.2 Å². The first-order valence-electron chi connectivity index (χ1n) is 9.81. The van der Waals surface area contributed by atoms with Crippen LogP contribution in [0.15, 0.2) is 29.3 Å². The molecule has 1 aromatic rings. The highest BCUT2D eigenvalue weighted by molar-refractivity contribution is 5.98. The number of nitrogens with zero attached hydrogens (tertiary/aromatic N) is 1. The molecule has 9 nitrogen and oxygen atoms in total. The molecular weight excluding hydrogens is 409 g/mol. The third kappa shape index (κ3) is 11.8. The van der Waals surface area contributed by atoms with Crippen molar-refractivity contribution in [2.75, 3.05) is 19.8 Å². The molecule has 0 bridgehead atoms. The maximum Gasteiger partial charge on any atom is 0.437 e. The van der Waals surface area contributed by atoms with Gasteiger partial charge in [-0.15, -0.1) is 4.99 Å². The van der Waals surface area contributed by atoms with Gasteiger partial charge in [-0.25, -0.2) is 14.0 Å². The molecule has 1 rings (SSSR count). The normalized spacial score (nSPS) is 13.2. The van der Waals surface area contributed by atoms with Crippen LogP contribution in [0.4, 0.5) is 14.0 Å². The molecule has 0 spiro atoms. The van der Waals surface area contributed by atoms with Gasteiger partial charge in [-0.2, -0.15) is 0 Å². The van der Waals surface area contributed by atoms with Crippen molar-refractivity contribution < 1.29 is 33.3 Å². The second kappa shape index (κ2) is 11.5. The summed E-state index contributed by atoms with van der Waals surface area (Å²) in [7, 11) is 0. The van der Waals surface area contributed by atoms with Crippen LogP contribution in [0.3, 0.4) is 0 Å². The van der Waals surface area contributed by atoms with Crippen LogP contribution in [0.1, 0.15) is 53.2 Å². The summed E-state index contributed by atoms with van der Waals surface area (Å²) in [6.07, 6.45) is -2.75. The number of halogens is 1. The van der Waals surface area contributed by atoms with Gasteiger partial charge in [0.25, 0.3) is 0 Å². The fourth-order valence-electron chi connectivity index (χ4n) is 2.14. The molecule has 1 aromatic carbocycles. The molecule has 10 heteroatoms. The molecule has 0 aromatic heterocycles. The number of hydrogen-bond acceptors (Lipinski definition) is 6. The van der Waals surface area contributed by atoms with E-state index in [9.17, 15) is 19.1 Å². The molecule has 0 saturated carbocycles. The van der Waals surface area contributed by atoms with E-state index in [0.29, 0.717) is 11.3 Å². The van der Waals surface area contributed by atoms with Crippen LogP contribution in [-0.4, -0.2) is 54.3 Å². The Morgan fingerprint density at radius 2 is 1.65 bits per heavy atom. The highest BCUT2D eigenvalue weighted by Crippen LogP contribution is 2.17. The molecule has 0 heterocycles. The van der Waals surface area contributed by atoms with E-state index in [-0.39, 0.29) is 19.1 Å². The van der Waals surface area contributed by atoms with E-state index in [4.69, 9.17) is 14.2 Å². The number of carbonyl (C=O) groups is 2. The van der Waals surface area contributed by atoms with Gasteiger partial charge in [0.05, 0.1) is 6.10 Å². The standard InChI is InChI=1S/C21H32FN3O6/c1-20(2,3)30-18(27)24-17(25-19(28)31-21(4,5)6)23-13-16(26)14-7-9-15(10-8-14)29-12-11-22/h7-10,16,26H,11-13H2,1-6H3,(H2,23,24,25,27,28). The van der Waals surface area contributed by atoms with Crippen molar-refractivity contribution in [2.45, 2.75) is 58.8 Å². The summed E-state index contributed by atoms with van der Waals surface area (Å²) < 4.78 is 27.6. The number of ether oxygens (including phenoxy) is 3. The quantitative estimate of drug-likeness (QED) is 0.457. The number of aliphatic imine (C=N–C) groups is 1. The summed E-state index contributed by atoms with van der Waals surface area (Å²) >= 11 is 0. The average molecular weight is 442 g/mol. The second-order valence-electron chi connectivity index (χ2n) is 8.57. The van der Waals surface area contributed by atoms with Crippen LogP contribution in [0.2, 0.25) is 0 Å². The largest absolute Gasteiger partial charge is 0.491 e. The lowest BCUT2D eigenvalue weighted by atomic mass is 10.1. The summed E-state index contributed by atoms with van der Waals surface area (Å²) in [6.45, 7) is 9.38. The number of aliphatic hydroxyl groups is 1. The Hall–Kier alpha value is -2.88. The average Bonchev–Trinajstić information content (AvgIpc) is 2.61. The first kappa shape index (κ1) is 26.2. The highest BCUT2D eigenvalue weighted by atomic mass is 19.1. The smallest absolute Gasteiger partial charge is 0.437 e. The zero-order valence-corrected chi connectivity index (χ0v) is 18.8. The van der Waals surface area contributed by atoms with Crippen molar-refractivity contribution in [1.29, 1.82) is 0 Å². The Bertz CT molecular complexity index is 754. The number of hydrogen-bond donors (Lipinski definition) is 3. The van der Waals surface area contributed by atoms with Crippen LogP contribution >= 0.6 is 0 Å². The number of carbonyl (C=O) groups excluding carboxylic acids is 2. The third-order valence-corrected chi connectivity index (χ3v) is 3.29. The van der Waals surface area contributed by atoms with E-state index in [1.54, 1.807) is 65.8 Å². The molecule has 0 radical (unpaired) electrons. The monoisotopic (exact) mass is 441 g/mol. The van der Waals surface area contributed by atoms with Gasteiger partial charge in [-0.1, -0.05) is 12.1 Å².